The van der Waals surface area contributed by atoms with Crippen LogP contribution in [0.3, 0.4) is 0 Å². The molecule has 0 unspecified atom stereocenters. The first-order chi connectivity index (χ1) is 55.0. The van der Waals surface area contributed by atoms with Crippen LogP contribution >= 0.6 is 0 Å². The highest BCUT2D eigenvalue weighted by Crippen LogP contribution is 2.51. The Morgan fingerprint density at radius 2 is 0.414 bits per heavy atom. The lowest BCUT2D eigenvalue weighted by Crippen LogP contribution is -2.59. The summed E-state index contributed by atoms with van der Waals surface area (Å²) in [6, 6.07) is 147. The zero-order chi connectivity index (χ0) is 73.0. The lowest BCUT2D eigenvalue weighted by molar-refractivity contribution is 1.07. The molecule has 0 spiro atoms. The van der Waals surface area contributed by atoms with E-state index in [1.54, 1.807) is 0 Å². The third kappa shape index (κ3) is 10.7. The van der Waals surface area contributed by atoms with E-state index in [1.165, 1.54) is 60.1 Å². The van der Waals surface area contributed by atoms with Crippen LogP contribution in [0.4, 0.5) is 0 Å². The first-order valence-electron chi connectivity index (χ1n) is 38.2. The second-order valence-electron chi connectivity index (χ2n) is 29.3. The van der Waals surface area contributed by atoms with Gasteiger partial charge in [0.15, 0.2) is 17.5 Å². The average molecular weight is 1410 g/mol. The number of rotatable bonds is 13. The van der Waals surface area contributed by atoms with Gasteiger partial charge in [0.05, 0.1) is 22.1 Å². The maximum Gasteiger partial charge on any atom is 0.252 e. The lowest BCUT2D eigenvalue weighted by Gasteiger charge is -2.34. The average Bonchev–Trinajstić information content (AvgIpc) is 1.52. The Bertz CT molecular complexity index is 6520. The van der Waals surface area contributed by atoms with Crippen molar-refractivity contribution < 1.29 is 0 Å². The summed E-state index contributed by atoms with van der Waals surface area (Å²) in [5.74, 6) is 1.65. The highest BCUT2D eigenvalue weighted by atomic mass is 15.1. The number of fused-ring (bicyclic) bond motifs is 10. The van der Waals surface area contributed by atoms with Crippen molar-refractivity contribution in [3.8, 4) is 157 Å². The molecule has 0 aliphatic carbocycles. The fourth-order valence-corrected chi connectivity index (χ4v) is 17.9. The molecule has 0 saturated carbocycles. The zero-order valence-electron chi connectivity index (χ0n) is 60.4. The first kappa shape index (κ1) is 63.7. The van der Waals surface area contributed by atoms with Crippen molar-refractivity contribution in [2.75, 3.05) is 0 Å². The van der Waals surface area contributed by atoms with Crippen molar-refractivity contribution in [2.45, 2.75) is 0 Å². The van der Waals surface area contributed by atoms with Gasteiger partial charge in [0, 0.05) is 49.6 Å². The number of nitrogens with zero attached hydrogens (tertiary/aromatic N) is 5. The molecule has 0 amide bonds. The normalized spacial score (nSPS) is 11.9. The Balaban J connectivity index is 0.926. The van der Waals surface area contributed by atoms with Crippen molar-refractivity contribution in [3.05, 3.63) is 400 Å². The minimum Gasteiger partial charge on any atom is -0.310 e. The van der Waals surface area contributed by atoms with Gasteiger partial charge >= 0.3 is 0 Å². The van der Waals surface area contributed by atoms with Gasteiger partial charge in [-0.2, -0.15) is 0 Å². The van der Waals surface area contributed by atoms with Gasteiger partial charge in [-0.15, -0.1) is 0 Å². The third-order valence-electron chi connectivity index (χ3n) is 22.9. The Morgan fingerprint density at radius 1 is 0.180 bits per heavy atom. The Labute approximate surface area is 643 Å². The molecule has 0 bridgehead atoms. The van der Waals surface area contributed by atoms with Crippen molar-refractivity contribution in [2.24, 2.45) is 0 Å². The van der Waals surface area contributed by atoms with E-state index in [0.717, 1.165) is 139 Å². The predicted octanol–water partition coefficient (Wildman–Crippen LogP) is 24.9. The molecule has 514 valence electrons. The minimum absolute atomic E-state index is 0.251. The topological polar surface area (TPSA) is 48.5 Å². The van der Waals surface area contributed by atoms with Crippen LogP contribution in [-0.2, 0) is 0 Å². The smallest absolute Gasteiger partial charge is 0.252 e. The van der Waals surface area contributed by atoms with Crippen molar-refractivity contribution in [1.29, 1.82) is 0 Å². The molecule has 5 nitrogen and oxygen atoms in total. The molecule has 6 heteroatoms. The molecule has 2 aliphatic rings. The van der Waals surface area contributed by atoms with Gasteiger partial charge in [-0.1, -0.05) is 328 Å². The van der Waals surface area contributed by atoms with Crippen LogP contribution in [0.25, 0.3) is 200 Å². The van der Waals surface area contributed by atoms with Gasteiger partial charge in [0.2, 0.25) is 0 Å². The van der Waals surface area contributed by atoms with Gasteiger partial charge < -0.3 is 9.13 Å². The highest BCUT2D eigenvalue weighted by Gasteiger charge is 2.43. The Morgan fingerprint density at radius 3 is 0.694 bits per heavy atom. The van der Waals surface area contributed by atoms with Gasteiger partial charge in [0.1, 0.15) is 0 Å². The second-order valence-corrected chi connectivity index (χ2v) is 29.3. The van der Waals surface area contributed by atoms with Gasteiger partial charge in [-0.25, -0.2) is 15.0 Å². The summed E-state index contributed by atoms with van der Waals surface area (Å²) >= 11 is 0. The molecule has 0 atom stereocenters. The van der Waals surface area contributed by atoms with Crippen LogP contribution in [0.2, 0.25) is 0 Å². The summed E-state index contributed by atoms with van der Waals surface area (Å²) in [6.07, 6.45) is 0. The van der Waals surface area contributed by atoms with Gasteiger partial charge in [0.25, 0.3) is 6.71 Å². The van der Waals surface area contributed by atoms with E-state index in [1.807, 2.05) is 0 Å². The summed E-state index contributed by atoms with van der Waals surface area (Å²) in [4.78, 5) is 17.7. The molecule has 20 aromatic rings. The van der Waals surface area contributed by atoms with Gasteiger partial charge in [-0.05, 0) is 200 Å². The molecule has 3 aromatic heterocycles. The number of benzene rings is 17. The molecule has 2 aliphatic heterocycles. The SMILES string of the molecule is c1ccc(-c2cc(-c3ccccc3)cc(-c3nc(-c4cc(-c5ccccc5)cc(-c5ccccc5)c4)nc(-c4cc5c6c(c4)-n4c7cc(-c8ccccc8)cc(-c8ccccc8)c7c7c(-c8ccccc8)ccc(c74)B6c4ccc(-c6ccccc6)c6c7c(-c8ccccc8)cc(-c8ccccc8)cc7n-5c46)n3)c2)cc1. The third-order valence-corrected chi connectivity index (χ3v) is 22.9. The second kappa shape index (κ2) is 26.1. The van der Waals surface area contributed by atoms with Crippen LogP contribution in [0, 0.1) is 0 Å². The minimum atomic E-state index is -0.251. The Hall–Kier alpha value is -14.6. The fourth-order valence-electron chi connectivity index (χ4n) is 17.9. The molecule has 0 radical (unpaired) electrons. The summed E-state index contributed by atoms with van der Waals surface area (Å²) in [7, 11) is 0. The number of aromatic nitrogens is 5. The van der Waals surface area contributed by atoms with Crippen molar-refractivity contribution >= 4 is 66.7 Å². The summed E-state index contributed by atoms with van der Waals surface area (Å²) in [6.45, 7) is -0.251. The number of hydrogen-bond acceptors (Lipinski definition) is 3. The molecule has 0 N–H and O–H groups in total. The van der Waals surface area contributed by atoms with E-state index in [-0.39, 0.29) is 6.71 Å². The van der Waals surface area contributed by atoms with E-state index in [0.29, 0.717) is 17.5 Å². The maximum atomic E-state index is 5.96. The van der Waals surface area contributed by atoms with Crippen LogP contribution < -0.4 is 16.4 Å². The maximum absolute atomic E-state index is 5.96. The number of hydrogen-bond donors (Lipinski definition) is 0. The molecular formula is C105H66BN5. The standard InChI is InChI=1S/C105H66BN5/c1-11-31-67(32-12-1)77-55-78(68-33-13-2-14-34-68)58-83(57-77)103-107-104(84-59-79(69-35-15-3-16-36-69)56-80(60-84)70-37-17-4-18-38-70)109-105(108-103)85-65-94-100-95(66-85)111-93-64-82(72-41-21-6-22-42-72)62-89(76-49-29-10-30-50-76)97(93)99-87(74-45-25-8-26-46-74)52-54-91(102(99)111)106(100)90-53-51-86(73-43-23-7-24-44-73)98-96-88(75-47-27-9-28-48-75)61-81(71-39-19-5-20-40-71)63-92(96)110(94)101(90)98/h1-66H. The molecular weight excluding hydrogens is 1340 g/mol. The molecule has 111 heavy (non-hydrogen) atoms. The largest absolute Gasteiger partial charge is 0.310 e. The van der Waals surface area contributed by atoms with Crippen LogP contribution in [0.1, 0.15) is 0 Å². The highest BCUT2D eigenvalue weighted by molar-refractivity contribution is 7.00. The van der Waals surface area contributed by atoms with E-state index in [9.17, 15) is 0 Å². The van der Waals surface area contributed by atoms with Crippen LogP contribution in [0.15, 0.2) is 400 Å². The quantitative estimate of drug-likeness (QED) is 0.108. The van der Waals surface area contributed by atoms with Gasteiger partial charge in [-0.3, -0.25) is 0 Å². The summed E-state index contributed by atoms with van der Waals surface area (Å²) < 4.78 is 5.30. The van der Waals surface area contributed by atoms with Crippen molar-refractivity contribution in [3.63, 3.8) is 0 Å². The van der Waals surface area contributed by atoms with Crippen LogP contribution in [-0.4, -0.2) is 30.8 Å². The molecule has 0 fully saturated rings. The van der Waals surface area contributed by atoms with Crippen molar-refractivity contribution in [1.82, 2.24) is 24.1 Å². The molecule has 17 aromatic carbocycles. The molecule has 22 rings (SSSR count). The molecule has 5 heterocycles. The van der Waals surface area contributed by atoms with E-state index >= 15 is 0 Å². The predicted molar refractivity (Wildman–Crippen MR) is 464 cm³/mol. The van der Waals surface area contributed by atoms with E-state index in [2.05, 4.69) is 410 Å². The zero-order valence-corrected chi connectivity index (χ0v) is 60.4. The van der Waals surface area contributed by atoms with E-state index in [4.69, 9.17) is 15.0 Å². The first-order valence-corrected chi connectivity index (χ1v) is 38.2. The fraction of sp³-hybridized carbons (Fsp3) is 0. The Kier molecular flexibility index (Phi) is 15.0. The molecule has 0 saturated heterocycles. The monoisotopic (exact) mass is 1410 g/mol. The van der Waals surface area contributed by atoms with Crippen LogP contribution in [0.5, 0.6) is 0 Å². The summed E-state index contributed by atoms with van der Waals surface area (Å²) in [5.41, 5.74) is 35.3. The lowest BCUT2D eigenvalue weighted by atomic mass is 9.34. The summed E-state index contributed by atoms with van der Waals surface area (Å²) in [5, 5.41) is 4.79. The van der Waals surface area contributed by atoms with E-state index < -0.39 is 0 Å².